The summed E-state index contributed by atoms with van der Waals surface area (Å²) in [4.78, 5) is 2.24. The zero-order valence-corrected chi connectivity index (χ0v) is 10.7. The quantitative estimate of drug-likeness (QED) is 0.871. The molecule has 0 amide bonds. The third-order valence-electron chi connectivity index (χ3n) is 3.11. The average molecular weight is 239 g/mol. The molecule has 1 aliphatic heterocycles. The van der Waals surface area contributed by atoms with Crippen LogP contribution in [-0.2, 0) is 6.42 Å². The molecule has 0 spiro atoms. The molecule has 0 aromatic heterocycles. The van der Waals surface area contributed by atoms with Crippen molar-refractivity contribution in [1.29, 1.82) is 0 Å². The Kier molecular flexibility index (Phi) is 3.72. The molecule has 1 unspecified atom stereocenters. The van der Waals surface area contributed by atoms with Gasteiger partial charge in [0.05, 0.1) is 0 Å². The molecule has 1 N–H and O–H groups in total. The second kappa shape index (κ2) is 5.07. The SMILES string of the molecule is CN(C)CCC1CCc2cc(Cl)ccc2N1. The second-order valence-corrected chi connectivity index (χ2v) is 5.21. The van der Waals surface area contributed by atoms with E-state index in [0.717, 1.165) is 18.0 Å². The fourth-order valence-corrected chi connectivity index (χ4v) is 2.36. The fourth-order valence-electron chi connectivity index (χ4n) is 2.16. The summed E-state index contributed by atoms with van der Waals surface area (Å²) in [6.07, 6.45) is 3.55. The highest BCUT2D eigenvalue weighted by molar-refractivity contribution is 6.30. The third kappa shape index (κ3) is 2.89. The van der Waals surface area contributed by atoms with Crippen molar-refractivity contribution >= 4 is 17.3 Å². The lowest BCUT2D eigenvalue weighted by atomic mass is 9.96. The first kappa shape index (κ1) is 11.7. The van der Waals surface area contributed by atoms with Crippen molar-refractivity contribution in [3.05, 3.63) is 28.8 Å². The van der Waals surface area contributed by atoms with E-state index in [9.17, 15) is 0 Å². The van der Waals surface area contributed by atoms with Gasteiger partial charge in [-0.05, 0) is 63.7 Å². The van der Waals surface area contributed by atoms with E-state index in [0.29, 0.717) is 6.04 Å². The van der Waals surface area contributed by atoms with Gasteiger partial charge in [0, 0.05) is 16.8 Å². The van der Waals surface area contributed by atoms with E-state index in [1.165, 1.54) is 24.1 Å². The molecule has 1 aliphatic rings. The Morgan fingerprint density at radius 2 is 2.25 bits per heavy atom. The summed E-state index contributed by atoms with van der Waals surface area (Å²) >= 11 is 5.98. The van der Waals surface area contributed by atoms with E-state index in [1.54, 1.807) is 0 Å². The van der Waals surface area contributed by atoms with Gasteiger partial charge in [-0.1, -0.05) is 11.6 Å². The summed E-state index contributed by atoms with van der Waals surface area (Å²) in [5, 5.41) is 4.43. The monoisotopic (exact) mass is 238 g/mol. The van der Waals surface area contributed by atoms with Gasteiger partial charge in [0.2, 0.25) is 0 Å². The largest absolute Gasteiger partial charge is 0.382 e. The minimum atomic E-state index is 0.607. The zero-order chi connectivity index (χ0) is 11.5. The van der Waals surface area contributed by atoms with Crippen LogP contribution in [0.2, 0.25) is 5.02 Å². The Bertz CT molecular complexity index is 363. The number of rotatable bonds is 3. The van der Waals surface area contributed by atoms with Crippen LogP contribution in [-0.4, -0.2) is 31.6 Å². The summed E-state index contributed by atoms with van der Waals surface area (Å²) in [6.45, 7) is 1.14. The maximum Gasteiger partial charge on any atom is 0.0410 e. The first-order valence-corrected chi connectivity index (χ1v) is 6.22. The standard InChI is InChI=1S/C13H19ClN2/c1-16(2)8-7-12-5-3-10-9-11(14)4-6-13(10)15-12/h4,6,9,12,15H,3,5,7-8H2,1-2H3. The molecule has 16 heavy (non-hydrogen) atoms. The molecule has 1 heterocycles. The lowest BCUT2D eigenvalue weighted by Crippen LogP contribution is -2.29. The molecule has 88 valence electrons. The van der Waals surface area contributed by atoms with E-state index in [2.05, 4.69) is 36.4 Å². The van der Waals surface area contributed by atoms with Crippen LogP contribution in [0.15, 0.2) is 18.2 Å². The van der Waals surface area contributed by atoms with E-state index in [1.807, 2.05) is 6.07 Å². The zero-order valence-electron chi connectivity index (χ0n) is 9.96. The highest BCUT2D eigenvalue weighted by Gasteiger charge is 2.17. The van der Waals surface area contributed by atoms with Crippen LogP contribution >= 0.6 is 11.6 Å². The maximum absolute atomic E-state index is 5.98. The normalized spacial score (nSPS) is 19.4. The van der Waals surface area contributed by atoms with E-state index >= 15 is 0 Å². The smallest absolute Gasteiger partial charge is 0.0410 e. The molecule has 1 aromatic carbocycles. The van der Waals surface area contributed by atoms with Crippen LogP contribution in [0.4, 0.5) is 5.69 Å². The Morgan fingerprint density at radius 3 is 3.00 bits per heavy atom. The van der Waals surface area contributed by atoms with Gasteiger partial charge in [0.15, 0.2) is 0 Å². The van der Waals surface area contributed by atoms with E-state index < -0.39 is 0 Å². The Hall–Kier alpha value is -0.730. The van der Waals surface area contributed by atoms with Crippen molar-refractivity contribution in [3.63, 3.8) is 0 Å². The first-order chi connectivity index (χ1) is 7.65. The number of fused-ring (bicyclic) bond motifs is 1. The summed E-state index contributed by atoms with van der Waals surface area (Å²) in [7, 11) is 4.24. The number of nitrogens with zero attached hydrogens (tertiary/aromatic N) is 1. The van der Waals surface area contributed by atoms with Crippen molar-refractivity contribution < 1.29 is 0 Å². The van der Waals surface area contributed by atoms with Crippen molar-refractivity contribution in [2.24, 2.45) is 0 Å². The molecule has 0 aliphatic carbocycles. The van der Waals surface area contributed by atoms with Crippen LogP contribution in [0.25, 0.3) is 0 Å². The number of halogens is 1. The molecule has 0 saturated carbocycles. The maximum atomic E-state index is 5.98. The minimum absolute atomic E-state index is 0.607. The average Bonchev–Trinajstić information content (AvgIpc) is 2.26. The van der Waals surface area contributed by atoms with E-state index in [-0.39, 0.29) is 0 Å². The van der Waals surface area contributed by atoms with Gasteiger partial charge in [0.25, 0.3) is 0 Å². The summed E-state index contributed by atoms with van der Waals surface area (Å²) in [5.74, 6) is 0. The number of aryl methyl sites for hydroxylation is 1. The molecule has 0 saturated heterocycles. The molecular weight excluding hydrogens is 220 g/mol. The summed E-state index contributed by atoms with van der Waals surface area (Å²) < 4.78 is 0. The van der Waals surface area contributed by atoms with Crippen molar-refractivity contribution in [1.82, 2.24) is 4.90 Å². The molecule has 0 radical (unpaired) electrons. The molecule has 3 heteroatoms. The number of nitrogens with one attached hydrogen (secondary N) is 1. The molecule has 1 aromatic rings. The fraction of sp³-hybridized carbons (Fsp3) is 0.538. The molecule has 2 rings (SSSR count). The lowest BCUT2D eigenvalue weighted by Gasteiger charge is -2.28. The van der Waals surface area contributed by atoms with Crippen molar-refractivity contribution in [3.8, 4) is 0 Å². The second-order valence-electron chi connectivity index (χ2n) is 4.77. The Balaban J connectivity index is 1.98. The van der Waals surface area contributed by atoms with Gasteiger partial charge in [0.1, 0.15) is 0 Å². The predicted octanol–water partition coefficient (Wildman–Crippen LogP) is 3.02. The minimum Gasteiger partial charge on any atom is -0.382 e. The Morgan fingerprint density at radius 1 is 1.44 bits per heavy atom. The first-order valence-electron chi connectivity index (χ1n) is 5.85. The summed E-state index contributed by atoms with van der Waals surface area (Å²) in [5.41, 5.74) is 2.62. The highest BCUT2D eigenvalue weighted by Crippen LogP contribution is 2.28. The third-order valence-corrected chi connectivity index (χ3v) is 3.35. The lowest BCUT2D eigenvalue weighted by molar-refractivity contribution is 0.379. The van der Waals surface area contributed by atoms with Crippen LogP contribution < -0.4 is 5.32 Å². The molecule has 0 fully saturated rings. The molecule has 1 atom stereocenters. The number of anilines is 1. The van der Waals surface area contributed by atoms with Gasteiger partial charge in [-0.3, -0.25) is 0 Å². The topological polar surface area (TPSA) is 15.3 Å². The van der Waals surface area contributed by atoms with Gasteiger partial charge < -0.3 is 10.2 Å². The summed E-state index contributed by atoms with van der Waals surface area (Å²) in [6, 6.07) is 6.74. The number of benzene rings is 1. The van der Waals surface area contributed by atoms with Gasteiger partial charge in [-0.25, -0.2) is 0 Å². The van der Waals surface area contributed by atoms with Gasteiger partial charge in [-0.15, -0.1) is 0 Å². The van der Waals surface area contributed by atoms with Crippen LogP contribution in [0.5, 0.6) is 0 Å². The van der Waals surface area contributed by atoms with Gasteiger partial charge >= 0.3 is 0 Å². The number of hydrogen-bond acceptors (Lipinski definition) is 2. The molecule has 2 nitrogen and oxygen atoms in total. The molecular formula is C13H19ClN2. The number of hydrogen-bond donors (Lipinski definition) is 1. The van der Waals surface area contributed by atoms with Gasteiger partial charge in [-0.2, -0.15) is 0 Å². The van der Waals surface area contributed by atoms with Crippen molar-refractivity contribution in [2.45, 2.75) is 25.3 Å². The van der Waals surface area contributed by atoms with Crippen LogP contribution in [0.1, 0.15) is 18.4 Å². The highest BCUT2D eigenvalue weighted by atomic mass is 35.5. The van der Waals surface area contributed by atoms with Crippen LogP contribution in [0.3, 0.4) is 0 Å². The van der Waals surface area contributed by atoms with Crippen LogP contribution in [0, 0.1) is 0 Å². The van der Waals surface area contributed by atoms with E-state index in [4.69, 9.17) is 11.6 Å². The van der Waals surface area contributed by atoms with Crippen molar-refractivity contribution in [2.75, 3.05) is 26.0 Å². The predicted molar refractivity (Wildman–Crippen MR) is 70.4 cm³/mol. The molecule has 0 bridgehead atoms. The Labute approximate surface area is 103 Å².